The fourth-order valence-corrected chi connectivity index (χ4v) is 4.67. The summed E-state index contributed by atoms with van der Waals surface area (Å²) in [4.78, 5) is 27.6. The van der Waals surface area contributed by atoms with Crippen LogP contribution in [0, 0.1) is 18.6 Å². The molecule has 0 aliphatic carbocycles. The third kappa shape index (κ3) is 8.58. The summed E-state index contributed by atoms with van der Waals surface area (Å²) in [7, 11) is -3.81. The first kappa shape index (κ1) is 29.2. The summed E-state index contributed by atoms with van der Waals surface area (Å²) < 4.78 is 52.6. The van der Waals surface area contributed by atoms with Gasteiger partial charge in [0.05, 0.1) is 11.9 Å². The second kappa shape index (κ2) is 11.8. The van der Waals surface area contributed by atoms with Crippen LogP contribution in [0.4, 0.5) is 14.5 Å². The maximum absolute atomic E-state index is 13.7. The summed E-state index contributed by atoms with van der Waals surface area (Å²) in [5.41, 5.74) is 1.36. The SMILES string of the molecule is Cc1cccc(CN(C(=O)CCCN(c2ccc(F)c(F)c2)S(C)(=O)=O)[C@H](C)C(=O)NC(C)(C)C)c1. The molecular weight excluding hydrogens is 488 g/mol. The number of amides is 2. The van der Waals surface area contributed by atoms with Crippen LogP contribution in [0.15, 0.2) is 42.5 Å². The third-order valence-corrected chi connectivity index (χ3v) is 6.64. The van der Waals surface area contributed by atoms with Gasteiger partial charge in [-0.1, -0.05) is 29.8 Å². The molecule has 0 fully saturated rings. The normalized spacial score (nSPS) is 12.7. The molecule has 1 atom stereocenters. The molecular formula is C26H35F2N3O4S. The minimum absolute atomic E-state index is 0.0293. The van der Waals surface area contributed by atoms with E-state index < -0.39 is 33.2 Å². The fourth-order valence-electron chi connectivity index (χ4n) is 3.71. The lowest BCUT2D eigenvalue weighted by molar-refractivity contribution is -0.141. The Kier molecular flexibility index (Phi) is 9.59. The van der Waals surface area contributed by atoms with Gasteiger partial charge in [-0.2, -0.15) is 0 Å². The first-order valence-electron chi connectivity index (χ1n) is 11.7. The summed E-state index contributed by atoms with van der Waals surface area (Å²) in [6, 6.07) is 9.68. The highest BCUT2D eigenvalue weighted by Gasteiger charge is 2.28. The molecule has 0 aromatic heterocycles. The summed E-state index contributed by atoms with van der Waals surface area (Å²) in [5, 5.41) is 2.89. The highest BCUT2D eigenvalue weighted by molar-refractivity contribution is 7.92. The molecule has 198 valence electrons. The first-order chi connectivity index (χ1) is 16.6. The van der Waals surface area contributed by atoms with Gasteiger partial charge in [0, 0.05) is 31.1 Å². The van der Waals surface area contributed by atoms with E-state index in [4.69, 9.17) is 0 Å². The van der Waals surface area contributed by atoms with E-state index in [2.05, 4.69) is 5.32 Å². The molecule has 0 saturated carbocycles. The van der Waals surface area contributed by atoms with Gasteiger partial charge in [-0.3, -0.25) is 13.9 Å². The number of benzene rings is 2. The highest BCUT2D eigenvalue weighted by Crippen LogP contribution is 2.22. The lowest BCUT2D eigenvalue weighted by Gasteiger charge is -2.32. The quantitative estimate of drug-likeness (QED) is 0.507. The van der Waals surface area contributed by atoms with Gasteiger partial charge in [0.2, 0.25) is 21.8 Å². The number of carbonyl (C=O) groups excluding carboxylic acids is 2. The topological polar surface area (TPSA) is 86.8 Å². The van der Waals surface area contributed by atoms with Crippen LogP contribution in [-0.4, -0.2) is 49.5 Å². The molecule has 10 heteroatoms. The number of nitrogens with zero attached hydrogens (tertiary/aromatic N) is 2. The smallest absolute Gasteiger partial charge is 0.242 e. The molecule has 0 unspecified atom stereocenters. The number of halogens is 2. The van der Waals surface area contributed by atoms with Crippen molar-refractivity contribution in [3.8, 4) is 0 Å². The Morgan fingerprint density at radius 3 is 2.28 bits per heavy atom. The van der Waals surface area contributed by atoms with Crippen LogP contribution in [0.1, 0.15) is 51.7 Å². The minimum Gasteiger partial charge on any atom is -0.350 e. The third-order valence-electron chi connectivity index (χ3n) is 5.44. The predicted octanol–water partition coefficient (Wildman–Crippen LogP) is 4.15. The van der Waals surface area contributed by atoms with Gasteiger partial charge in [0.25, 0.3) is 0 Å². The van der Waals surface area contributed by atoms with Crippen molar-refractivity contribution in [1.82, 2.24) is 10.2 Å². The van der Waals surface area contributed by atoms with Gasteiger partial charge in [-0.15, -0.1) is 0 Å². The van der Waals surface area contributed by atoms with Crippen molar-refractivity contribution in [2.45, 2.75) is 65.6 Å². The van der Waals surface area contributed by atoms with Gasteiger partial charge >= 0.3 is 0 Å². The average molecular weight is 524 g/mol. The van der Waals surface area contributed by atoms with Crippen LogP contribution >= 0.6 is 0 Å². The van der Waals surface area contributed by atoms with E-state index in [1.54, 1.807) is 6.92 Å². The lowest BCUT2D eigenvalue weighted by Crippen LogP contribution is -2.52. The Balaban J connectivity index is 2.21. The molecule has 2 aromatic carbocycles. The Bertz CT molecular complexity index is 1200. The molecule has 36 heavy (non-hydrogen) atoms. The number of nitrogens with one attached hydrogen (secondary N) is 1. The average Bonchev–Trinajstić information content (AvgIpc) is 2.74. The maximum Gasteiger partial charge on any atom is 0.242 e. The highest BCUT2D eigenvalue weighted by atomic mass is 32.2. The Labute approximate surface area is 212 Å². The van der Waals surface area contributed by atoms with Crippen molar-refractivity contribution in [2.75, 3.05) is 17.1 Å². The molecule has 0 aliphatic heterocycles. The molecule has 2 aromatic rings. The number of hydrogen-bond donors (Lipinski definition) is 1. The Morgan fingerprint density at radius 2 is 1.72 bits per heavy atom. The molecule has 0 bridgehead atoms. The van der Waals surface area contributed by atoms with Crippen LogP contribution in [0.5, 0.6) is 0 Å². The van der Waals surface area contributed by atoms with E-state index in [-0.39, 0.29) is 43.4 Å². The first-order valence-corrected chi connectivity index (χ1v) is 13.5. The van der Waals surface area contributed by atoms with Crippen molar-refractivity contribution >= 4 is 27.5 Å². The number of hydrogen-bond acceptors (Lipinski definition) is 4. The van der Waals surface area contributed by atoms with Gasteiger partial charge in [-0.25, -0.2) is 17.2 Å². The van der Waals surface area contributed by atoms with Gasteiger partial charge in [0.15, 0.2) is 11.6 Å². The maximum atomic E-state index is 13.7. The zero-order valence-corrected chi connectivity index (χ0v) is 22.5. The second-order valence-electron chi connectivity index (χ2n) is 9.96. The van der Waals surface area contributed by atoms with Crippen LogP contribution in [0.25, 0.3) is 0 Å². The summed E-state index contributed by atoms with van der Waals surface area (Å²) in [6.45, 7) is 9.23. The zero-order chi connectivity index (χ0) is 27.3. The van der Waals surface area contributed by atoms with Gasteiger partial charge in [-0.05, 0) is 58.7 Å². The minimum atomic E-state index is -3.81. The van der Waals surface area contributed by atoms with E-state index in [9.17, 15) is 26.8 Å². The van der Waals surface area contributed by atoms with Crippen LogP contribution in [0.2, 0.25) is 0 Å². The lowest BCUT2D eigenvalue weighted by atomic mass is 10.1. The fraction of sp³-hybridized carbons (Fsp3) is 0.462. The van der Waals surface area contributed by atoms with E-state index in [1.807, 2.05) is 52.0 Å². The number of aryl methyl sites for hydroxylation is 1. The van der Waals surface area contributed by atoms with E-state index >= 15 is 0 Å². The standard InChI is InChI=1S/C26H35F2N3O4S/c1-18-9-7-10-20(15-18)17-30(19(2)25(33)29-26(3,4)5)24(32)11-8-14-31(36(6,34)35)21-12-13-22(27)23(28)16-21/h7,9-10,12-13,15-16,19H,8,11,14,17H2,1-6H3,(H,29,33)/t19-/m1/s1. The monoisotopic (exact) mass is 523 g/mol. The zero-order valence-electron chi connectivity index (χ0n) is 21.6. The molecule has 0 radical (unpaired) electrons. The van der Waals surface area contributed by atoms with Crippen molar-refractivity contribution < 1.29 is 26.8 Å². The molecule has 1 N–H and O–H groups in total. The molecule has 0 saturated heterocycles. The van der Waals surface area contributed by atoms with E-state index in [0.29, 0.717) is 0 Å². The van der Waals surface area contributed by atoms with Crippen molar-refractivity contribution in [1.29, 1.82) is 0 Å². The number of rotatable bonds is 10. The number of sulfonamides is 1. The van der Waals surface area contributed by atoms with Crippen LogP contribution < -0.4 is 9.62 Å². The predicted molar refractivity (Wildman–Crippen MR) is 137 cm³/mol. The summed E-state index contributed by atoms with van der Waals surface area (Å²) in [6.07, 6.45) is 1.02. The molecule has 0 heterocycles. The summed E-state index contributed by atoms with van der Waals surface area (Å²) >= 11 is 0. The van der Waals surface area contributed by atoms with Crippen LogP contribution in [0.3, 0.4) is 0 Å². The van der Waals surface area contributed by atoms with Gasteiger partial charge in [0.1, 0.15) is 6.04 Å². The number of anilines is 1. The van der Waals surface area contributed by atoms with Crippen molar-refractivity contribution in [3.63, 3.8) is 0 Å². The Morgan fingerprint density at radius 1 is 1.06 bits per heavy atom. The van der Waals surface area contributed by atoms with E-state index in [0.717, 1.165) is 33.8 Å². The van der Waals surface area contributed by atoms with Gasteiger partial charge < -0.3 is 10.2 Å². The second-order valence-corrected chi connectivity index (χ2v) is 11.9. The van der Waals surface area contributed by atoms with Crippen molar-refractivity contribution in [2.24, 2.45) is 0 Å². The van der Waals surface area contributed by atoms with Crippen molar-refractivity contribution in [3.05, 3.63) is 65.2 Å². The molecule has 0 aliphatic rings. The molecule has 7 nitrogen and oxygen atoms in total. The molecule has 2 rings (SSSR count). The molecule has 2 amide bonds. The number of carbonyl (C=O) groups is 2. The van der Waals surface area contributed by atoms with Crippen LogP contribution in [-0.2, 0) is 26.2 Å². The molecule has 0 spiro atoms. The summed E-state index contributed by atoms with van der Waals surface area (Å²) in [5.74, 6) is -2.88. The van der Waals surface area contributed by atoms with E-state index in [1.165, 1.54) is 11.0 Å². The Hall–Kier alpha value is -3.01. The largest absolute Gasteiger partial charge is 0.350 e.